The standard InChI is InChI=1S/C22H26ClN3O4S/c1-30-22(29)20(16-4-6-18(23)7-5-16)26-12-10-25(11-13-26)19(27)3-2-9-24-21(28)17-8-14-31-15-17/h4-8,14-15,20H,2-3,9-13H2,1H3,(H,24,28). The molecule has 166 valence electrons. The molecule has 31 heavy (non-hydrogen) atoms. The van der Waals surface area contributed by atoms with Crippen LogP contribution in [0.3, 0.4) is 0 Å². The third-order valence-corrected chi connectivity index (χ3v) is 6.21. The van der Waals surface area contributed by atoms with Crippen molar-refractivity contribution in [3.8, 4) is 0 Å². The molecular weight excluding hydrogens is 438 g/mol. The summed E-state index contributed by atoms with van der Waals surface area (Å²) in [5, 5.41) is 7.09. The number of benzene rings is 1. The number of halogens is 1. The number of nitrogens with one attached hydrogen (secondary N) is 1. The van der Waals surface area contributed by atoms with Crippen LogP contribution in [0, 0.1) is 0 Å². The minimum atomic E-state index is -0.521. The van der Waals surface area contributed by atoms with E-state index < -0.39 is 6.04 Å². The Hall–Kier alpha value is -2.42. The first-order valence-corrected chi connectivity index (χ1v) is 11.5. The number of methoxy groups -OCH3 is 1. The highest BCUT2D eigenvalue weighted by molar-refractivity contribution is 7.08. The topological polar surface area (TPSA) is 79.0 Å². The van der Waals surface area contributed by atoms with Gasteiger partial charge in [0.05, 0.1) is 7.11 Å². The average Bonchev–Trinajstić information content (AvgIpc) is 3.33. The van der Waals surface area contributed by atoms with Crippen LogP contribution in [-0.2, 0) is 14.3 Å². The van der Waals surface area contributed by atoms with Gasteiger partial charge in [-0.1, -0.05) is 23.7 Å². The number of thiophene rings is 1. The number of hydrogen-bond donors (Lipinski definition) is 1. The van der Waals surface area contributed by atoms with Crippen molar-refractivity contribution < 1.29 is 19.1 Å². The highest BCUT2D eigenvalue weighted by atomic mass is 35.5. The number of hydrogen-bond acceptors (Lipinski definition) is 6. The Morgan fingerprint density at radius 3 is 2.45 bits per heavy atom. The van der Waals surface area contributed by atoms with Crippen LogP contribution in [0.15, 0.2) is 41.1 Å². The lowest BCUT2D eigenvalue weighted by Gasteiger charge is -2.38. The first-order chi connectivity index (χ1) is 15.0. The Labute approximate surface area is 190 Å². The molecule has 1 aromatic carbocycles. The number of carbonyl (C=O) groups is 3. The van der Waals surface area contributed by atoms with Crippen LogP contribution in [0.25, 0.3) is 0 Å². The molecule has 9 heteroatoms. The molecule has 0 radical (unpaired) electrons. The van der Waals surface area contributed by atoms with Crippen molar-refractivity contribution in [2.24, 2.45) is 0 Å². The fourth-order valence-corrected chi connectivity index (χ4v) is 4.34. The first kappa shape index (κ1) is 23.2. The molecule has 0 bridgehead atoms. The van der Waals surface area contributed by atoms with Gasteiger partial charge in [0.15, 0.2) is 0 Å². The molecule has 1 aliphatic rings. The maximum atomic E-state index is 12.5. The van der Waals surface area contributed by atoms with Gasteiger partial charge in [0.25, 0.3) is 5.91 Å². The van der Waals surface area contributed by atoms with Crippen LogP contribution in [-0.4, -0.2) is 67.4 Å². The molecule has 0 aliphatic carbocycles. The molecule has 1 aromatic heterocycles. The van der Waals surface area contributed by atoms with E-state index in [-0.39, 0.29) is 17.8 Å². The van der Waals surface area contributed by atoms with Crippen LogP contribution in [0.4, 0.5) is 0 Å². The Morgan fingerprint density at radius 1 is 1.13 bits per heavy atom. The molecule has 1 unspecified atom stereocenters. The zero-order chi connectivity index (χ0) is 22.2. The van der Waals surface area contributed by atoms with Gasteiger partial charge in [0, 0.05) is 55.1 Å². The average molecular weight is 464 g/mol. The van der Waals surface area contributed by atoms with Gasteiger partial charge in [-0.2, -0.15) is 11.3 Å². The zero-order valence-electron chi connectivity index (χ0n) is 17.4. The minimum Gasteiger partial charge on any atom is -0.468 e. The lowest BCUT2D eigenvalue weighted by Crippen LogP contribution is -2.51. The maximum Gasteiger partial charge on any atom is 0.327 e. The van der Waals surface area contributed by atoms with E-state index in [2.05, 4.69) is 5.32 Å². The Bertz CT molecular complexity index is 881. The lowest BCUT2D eigenvalue weighted by atomic mass is 10.0. The van der Waals surface area contributed by atoms with E-state index >= 15 is 0 Å². The number of amides is 2. The fourth-order valence-electron chi connectivity index (χ4n) is 3.58. The highest BCUT2D eigenvalue weighted by Crippen LogP contribution is 2.25. The number of esters is 1. The second-order valence-electron chi connectivity index (χ2n) is 7.27. The third kappa shape index (κ3) is 6.29. The Morgan fingerprint density at radius 2 is 1.84 bits per heavy atom. The number of piperazine rings is 1. The summed E-state index contributed by atoms with van der Waals surface area (Å²) >= 11 is 7.44. The van der Waals surface area contributed by atoms with Gasteiger partial charge in [-0.3, -0.25) is 14.5 Å². The van der Waals surface area contributed by atoms with E-state index in [9.17, 15) is 14.4 Å². The van der Waals surface area contributed by atoms with Crippen molar-refractivity contribution in [2.75, 3.05) is 39.8 Å². The van der Waals surface area contributed by atoms with Crippen LogP contribution >= 0.6 is 22.9 Å². The normalized spacial score (nSPS) is 15.4. The van der Waals surface area contributed by atoms with Crippen LogP contribution in [0.2, 0.25) is 5.02 Å². The Balaban J connectivity index is 1.46. The predicted octanol–water partition coefficient (Wildman–Crippen LogP) is 2.97. The maximum absolute atomic E-state index is 12.5. The number of ether oxygens (including phenoxy) is 1. The molecule has 3 rings (SSSR count). The van der Waals surface area contributed by atoms with Crippen LogP contribution < -0.4 is 5.32 Å². The summed E-state index contributed by atoms with van der Waals surface area (Å²) in [6, 6.07) is 8.41. The summed E-state index contributed by atoms with van der Waals surface area (Å²) in [4.78, 5) is 40.7. The van der Waals surface area contributed by atoms with Crippen molar-refractivity contribution in [1.29, 1.82) is 0 Å². The molecule has 1 fully saturated rings. The molecule has 2 aromatic rings. The van der Waals surface area contributed by atoms with E-state index in [0.717, 1.165) is 5.56 Å². The smallest absolute Gasteiger partial charge is 0.327 e. The van der Waals surface area contributed by atoms with E-state index in [0.29, 0.717) is 56.2 Å². The predicted molar refractivity (Wildman–Crippen MR) is 120 cm³/mol. The summed E-state index contributed by atoms with van der Waals surface area (Å²) < 4.78 is 5.01. The molecular formula is C22H26ClN3O4S. The van der Waals surface area contributed by atoms with E-state index in [1.165, 1.54) is 18.4 Å². The third-order valence-electron chi connectivity index (χ3n) is 5.28. The number of rotatable bonds is 8. The van der Waals surface area contributed by atoms with Gasteiger partial charge in [-0.05, 0) is 35.6 Å². The quantitative estimate of drug-likeness (QED) is 0.481. The zero-order valence-corrected chi connectivity index (χ0v) is 19.0. The van der Waals surface area contributed by atoms with Gasteiger partial charge in [0.1, 0.15) is 6.04 Å². The Kier molecular flexibility index (Phi) is 8.45. The van der Waals surface area contributed by atoms with Crippen molar-refractivity contribution in [3.63, 3.8) is 0 Å². The summed E-state index contributed by atoms with van der Waals surface area (Å²) in [5.41, 5.74) is 1.46. The minimum absolute atomic E-state index is 0.0607. The van der Waals surface area contributed by atoms with Gasteiger partial charge in [0.2, 0.25) is 5.91 Å². The summed E-state index contributed by atoms with van der Waals surface area (Å²) in [6.45, 7) is 2.69. The summed E-state index contributed by atoms with van der Waals surface area (Å²) in [7, 11) is 1.38. The monoisotopic (exact) mass is 463 g/mol. The number of carbonyl (C=O) groups excluding carboxylic acids is 3. The molecule has 2 heterocycles. The van der Waals surface area contributed by atoms with Gasteiger partial charge in [-0.15, -0.1) is 0 Å². The second kappa shape index (κ2) is 11.3. The van der Waals surface area contributed by atoms with Crippen molar-refractivity contribution >= 4 is 40.7 Å². The van der Waals surface area contributed by atoms with Gasteiger partial charge in [-0.25, -0.2) is 4.79 Å². The van der Waals surface area contributed by atoms with Crippen molar-refractivity contribution in [2.45, 2.75) is 18.9 Å². The van der Waals surface area contributed by atoms with Gasteiger partial charge < -0.3 is 15.0 Å². The molecule has 0 saturated carbocycles. The van der Waals surface area contributed by atoms with Crippen LogP contribution in [0.1, 0.15) is 34.8 Å². The van der Waals surface area contributed by atoms with Crippen LogP contribution in [0.5, 0.6) is 0 Å². The number of nitrogens with zero attached hydrogens (tertiary/aromatic N) is 2. The van der Waals surface area contributed by atoms with Crippen molar-refractivity contribution in [1.82, 2.24) is 15.1 Å². The molecule has 1 aliphatic heterocycles. The molecule has 7 nitrogen and oxygen atoms in total. The summed E-state index contributed by atoms with van der Waals surface area (Å²) in [5.74, 6) is -0.382. The highest BCUT2D eigenvalue weighted by Gasteiger charge is 2.32. The first-order valence-electron chi connectivity index (χ1n) is 10.1. The second-order valence-corrected chi connectivity index (χ2v) is 8.48. The largest absolute Gasteiger partial charge is 0.468 e. The molecule has 2 amide bonds. The van der Waals surface area contributed by atoms with E-state index in [4.69, 9.17) is 16.3 Å². The van der Waals surface area contributed by atoms with Crippen molar-refractivity contribution in [3.05, 3.63) is 57.2 Å². The molecule has 1 N–H and O–H groups in total. The molecule has 1 atom stereocenters. The van der Waals surface area contributed by atoms with E-state index in [1.54, 1.807) is 23.6 Å². The molecule has 1 saturated heterocycles. The lowest BCUT2D eigenvalue weighted by molar-refractivity contribution is -0.148. The fraction of sp³-hybridized carbons (Fsp3) is 0.409. The summed E-state index contributed by atoms with van der Waals surface area (Å²) in [6.07, 6.45) is 0.964. The van der Waals surface area contributed by atoms with E-state index in [1.807, 2.05) is 27.3 Å². The molecule has 0 spiro atoms. The van der Waals surface area contributed by atoms with Gasteiger partial charge >= 0.3 is 5.97 Å². The SMILES string of the molecule is COC(=O)C(c1ccc(Cl)cc1)N1CCN(C(=O)CCCNC(=O)c2ccsc2)CC1.